The van der Waals surface area contributed by atoms with Gasteiger partial charge in [-0.05, 0) is 42.8 Å². The summed E-state index contributed by atoms with van der Waals surface area (Å²) in [6.45, 7) is 3.25. The van der Waals surface area contributed by atoms with Crippen LogP contribution in [0.15, 0.2) is 48.5 Å². The van der Waals surface area contributed by atoms with Gasteiger partial charge in [0.05, 0.1) is 20.3 Å². The quantitative estimate of drug-likeness (QED) is 0.507. The number of ether oxygens (including phenoxy) is 3. The van der Waals surface area contributed by atoms with Crippen molar-refractivity contribution in [2.75, 3.05) is 32.2 Å². The van der Waals surface area contributed by atoms with E-state index in [1.807, 2.05) is 36.4 Å². The Hall–Kier alpha value is -3.33. The van der Waals surface area contributed by atoms with Gasteiger partial charge in [-0.15, -0.1) is 0 Å². The molecule has 2 N–H and O–H groups in total. The molecule has 6 heteroatoms. The number of unbranched alkanes of at least 4 members (excludes halogenated alkanes) is 1. The molecule has 0 bridgehead atoms. The van der Waals surface area contributed by atoms with Crippen molar-refractivity contribution in [3.05, 3.63) is 48.5 Å². The first kappa shape index (κ1) is 21.0. The lowest BCUT2D eigenvalue weighted by Gasteiger charge is -2.08. The molecular formula is C22H26N2O4. The molecule has 0 saturated heterocycles. The van der Waals surface area contributed by atoms with Crippen LogP contribution in [0.25, 0.3) is 0 Å². The van der Waals surface area contributed by atoms with E-state index < -0.39 is 0 Å². The summed E-state index contributed by atoms with van der Waals surface area (Å²) in [5, 5.41) is 5.42. The summed E-state index contributed by atoms with van der Waals surface area (Å²) < 4.78 is 16.3. The van der Waals surface area contributed by atoms with Gasteiger partial charge >= 0.3 is 6.03 Å². The molecule has 0 saturated carbocycles. The summed E-state index contributed by atoms with van der Waals surface area (Å²) in [5.74, 6) is 7.77. The first-order valence-electron chi connectivity index (χ1n) is 9.22. The van der Waals surface area contributed by atoms with E-state index in [0.717, 1.165) is 18.6 Å². The summed E-state index contributed by atoms with van der Waals surface area (Å²) >= 11 is 0. The van der Waals surface area contributed by atoms with Crippen LogP contribution < -0.4 is 24.8 Å². The third kappa shape index (κ3) is 7.50. The molecule has 0 spiro atoms. The Morgan fingerprint density at radius 2 is 1.75 bits per heavy atom. The zero-order valence-electron chi connectivity index (χ0n) is 16.3. The molecule has 6 nitrogen and oxygen atoms in total. The van der Waals surface area contributed by atoms with Gasteiger partial charge in [0, 0.05) is 5.69 Å². The highest BCUT2D eigenvalue weighted by Gasteiger charge is 2.02. The Morgan fingerprint density at radius 3 is 2.46 bits per heavy atom. The largest absolute Gasteiger partial charge is 0.494 e. The Labute approximate surface area is 166 Å². The van der Waals surface area contributed by atoms with Crippen LogP contribution in [0.3, 0.4) is 0 Å². The van der Waals surface area contributed by atoms with E-state index >= 15 is 0 Å². The predicted octanol–water partition coefficient (Wildman–Crippen LogP) is 4.08. The van der Waals surface area contributed by atoms with Gasteiger partial charge in [0.25, 0.3) is 0 Å². The second kappa shape index (κ2) is 12.1. The van der Waals surface area contributed by atoms with Gasteiger partial charge in [0.2, 0.25) is 0 Å². The van der Waals surface area contributed by atoms with Gasteiger partial charge in [0.1, 0.15) is 12.4 Å². The fraction of sp³-hybridized carbons (Fsp3) is 0.318. The molecule has 0 fully saturated rings. The van der Waals surface area contributed by atoms with Crippen molar-refractivity contribution < 1.29 is 19.0 Å². The highest BCUT2D eigenvalue weighted by molar-refractivity contribution is 5.89. The van der Waals surface area contributed by atoms with Crippen molar-refractivity contribution in [3.8, 4) is 29.1 Å². The maximum atomic E-state index is 11.9. The zero-order valence-corrected chi connectivity index (χ0v) is 16.3. The van der Waals surface area contributed by atoms with Crippen molar-refractivity contribution in [3.63, 3.8) is 0 Å². The summed E-state index contributed by atoms with van der Waals surface area (Å²) in [4.78, 5) is 11.9. The van der Waals surface area contributed by atoms with Crippen molar-refractivity contribution >= 4 is 11.7 Å². The van der Waals surface area contributed by atoms with E-state index in [0.29, 0.717) is 23.8 Å². The molecule has 28 heavy (non-hydrogen) atoms. The first-order valence-corrected chi connectivity index (χ1v) is 9.22. The maximum absolute atomic E-state index is 11.9. The topological polar surface area (TPSA) is 68.8 Å². The molecule has 0 aliphatic carbocycles. The number of nitrogens with one attached hydrogen (secondary N) is 2. The number of benzene rings is 2. The smallest absolute Gasteiger partial charge is 0.319 e. The number of anilines is 1. The van der Waals surface area contributed by atoms with Gasteiger partial charge in [-0.25, -0.2) is 4.79 Å². The number of urea groups is 1. The SMILES string of the molecule is CCCCOc1ccc(NC(=O)NCC#CCOc2ccccc2OC)cc1. The third-order valence-electron chi connectivity index (χ3n) is 3.71. The summed E-state index contributed by atoms with van der Waals surface area (Å²) in [6.07, 6.45) is 2.11. The zero-order chi connectivity index (χ0) is 20.0. The van der Waals surface area contributed by atoms with Crippen molar-refractivity contribution in [2.24, 2.45) is 0 Å². The Morgan fingerprint density at radius 1 is 1.00 bits per heavy atom. The summed E-state index contributed by atoms with van der Waals surface area (Å²) in [6, 6.07) is 14.3. The molecule has 148 valence electrons. The molecule has 0 atom stereocenters. The number of methoxy groups -OCH3 is 1. The molecule has 0 aliphatic rings. The van der Waals surface area contributed by atoms with Gasteiger partial charge in [-0.1, -0.05) is 37.3 Å². The van der Waals surface area contributed by atoms with Gasteiger partial charge in [-0.3, -0.25) is 0 Å². The van der Waals surface area contributed by atoms with Gasteiger partial charge in [0.15, 0.2) is 11.5 Å². The number of para-hydroxylation sites is 2. The molecule has 2 amide bonds. The second-order valence-corrected chi connectivity index (χ2v) is 5.83. The van der Waals surface area contributed by atoms with Crippen LogP contribution in [0, 0.1) is 11.8 Å². The van der Waals surface area contributed by atoms with Crippen molar-refractivity contribution in [2.45, 2.75) is 19.8 Å². The van der Waals surface area contributed by atoms with Gasteiger partial charge < -0.3 is 24.8 Å². The van der Waals surface area contributed by atoms with Crippen LogP contribution >= 0.6 is 0 Å². The molecule has 0 aromatic heterocycles. The first-order chi connectivity index (χ1) is 13.7. The molecule has 2 aromatic rings. The number of rotatable bonds is 9. The van der Waals surface area contributed by atoms with Crippen LogP contribution in [-0.2, 0) is 0 Å². The minimum absolute atomic E-state index is 0.211. The molecule has 0 radical (unpaired) electrons. The number of carbonyl (C=O) groups excluding carboxylic acids is 1. The van der Waals surface area contributed by atoms with Crippen LogP contribution in [0.1, 0.15) is 19.8 Å². The molecule has 0 aliphatic heterocycles. The van der Waals surface area contributed by atoms with Crippen molar-refractivity contribution in [1.29, 1.82) is 0 Å². The average Bonchev–Trinajstić information content (AvgIpc) is 2.72. The highest BCUT2D eigenvalue weighted by atomic mass is 16.5. The van der Waals surface area contributed by atoms with E-state index in [1.165, 1.54) is 0 Å². The number of carbonyl (C=O) groups is 1. The predicted molar refractivity (Wildman–Crippen MR) is 110 cm³/mol. The Kier molecular flexibility index (Phi) is 9.09. The number of hydrogen-bond donors (Lipinski definition) is 2. The van der Waals surface area contributed by atoms with Crippen LogP contribution in [0.2, 0.25) is 0 Å². The number of hydrogen-bond acceptors (Lipinski definition) is 4. The second-order valence-electron chi connectivity index (χ2n) is 5.83. The Bertz CT molecular complexity index is 794. The standard InChI is InChI=1S/C22H26N2O4/c1-3-4-16-27-19-13-11-18(12-14-19)24-22(25)23-15-7-8-17-28-21-10-6-5-9-20(21)26-2/h5-6,9-14H,3-4,15-17H2,1-2H3,(H2,23,24,25). The minimum Gasteiger partial charge on any atom is -0.494 e. The van der Waals surface area contributed by atoms with Crippen LogP contribution in [0.5, 0.6) is 17.2 Å². The number of amides is 2. The molecule has 2 aromatic carbocycles. The normalized spacial score (nSPS) is 9.64. The van der Waals surface area contributed by atoms with Crippen LogP contribution in [0.4, 0.5) is 10.5 Å². The summed E-state index contributed by atoms with van der Waals surface area (Å²) in [5.41, 5.74) is 0.688. The van der Waals surface area contributed by atoms with E-state index in [2.05, 4.69) is 29.4 Å². The lowest BCUT2D eigenvalue weighted by atomic mass is 10.3. The van der Waals surface area contributed by atoms with Gasteiger partial charge in [-0.2, -0.15) is 0 Å². The lowest BCUT2D eigenvalue weighted by Crippen LogP contribution is -2.28. The lowest BCUT2D eigenvalue weighted by molar-refractivity contribution is 0.253. The fourth-order valence-corrected chi connectivity index (χ4v) is 2.23. The molecular weight excluding hydrogens is 356 g/mol. The summed E-state index contributed by atoms with van der Waals surface area (Å²) in [7, 11) is 1.59. The fourth-order valence-electron chi connectivity index (χ4n) is 2.23. The Balaban J connectivity index is 1.67. The van der Waals surface area contributed by atoms with Crippen molar-refractivity contribution in [1.82, 2.24) is 5.32 Å². The van der Waals surface area contributed by atoms with E-state index in [4.69, 9.17) is 14.2 Å². The molecule has 2 rings (SSSR count). The average molecular weight is 382 g/mol. The van der Waals surface area contributed by atoms with Crippen LogP contribution in [-0.4, -0.2) is 32.9 Å². The minimum atomic E-state index is -0.320. The maximum Gasteiger partial charge on any atom is 0.319 e. The third-order valence-corrected chi connectivity index (χ3v) is 3.71. The highest BCUT2D eigenvalue weighted by Crippen LogP contribution is 2.25. The molecule has 0 unspecified atom stereocenters. The molecule has 0 heterocycles. The van der Waals surface area contributed by atoms with E-state index in [9.17, 15) is 4.79 Å². The van der Waals surface area contributed by atoms with E-state index in [-0.39, 0.29) is 19.2 Å². The monoisotopic (exact) mass is 382 g/mol. The van der Waals surface area contributed by atoms with E-state index in [1.54, 1.807) is 19.2 Å².